The average Bonchev–Trinajstić information content (AvgIpc) is 2.43. The van der Waals surface area contributed by atoms with E-state index in [-0.39, 0.29) is 11.3 Å². The lowest BCUT2D eigenvalue weighted by atomic mass is 10.1. The summed E-state index contributed by atoms with van der Waals surface area (Å²) in [4.78, 5) is 13.0. The molecule has 2 rings (SSSR count). The Balaban J connectivity index is 2.26. The number of nitrogen functional groups attached to an aromatic ring is 1. The molecule has 0 aromatic heterocycles. The van der Waals surface area contributed by atoms with Crippen molar-refractivity contribution in [3.8, 4) is 0 Å². The van der Waals surface area contributed by atoms with E-state index in [0.717, 1.165) is 17.0 Å². The topological polar surface area (TPSA) is 55.1 Å². The van der Waals surface area contributed by atoms with Crippen molar-refractivity contribution >= 4 is 29.0 Å². The third-order valence-electron chi connectivity index (χ3n) is 2.66. The van der Waals surface area contributed by atoms with Gasteiger partial charge in [0.25, 0.3) is 5.91 Å². The number of nitrogens with two attached hydrogens (primary N) is 1. The minimum Gasteiger partial charge on any atom is -0.398 e. The van der Waals surface area contributed by atoms with Crippen LogP contribution in [-0.2, 0) is 0 Å². The number of carbonyl (C=O) groups excluding carboxylic acids is 1. The van der Waals surface area contributed by atoms with Crippen molar-refractivity contribution < 1.29 is 13.6 Å². The van der Waals surface area contributed by atoms with Crippen molar-refractivity contribution in [3.63, 3.8) is 0 Å². The zero-order chi connectivity index (χ0) is 14.7. The molecule has 3 nitrogen and oxygen atoms in total. The number of halogens is 2. The maximum Gasteiger partial charge on any atom is 0.257 e. The second kappa shape index (κ2) is 5.92. The number of amides is 1. The summed E-state index contributed by atoms with van der Waals surface area (Å²) in [5, 5.41) is 2.60. The van der Waals surface area contributed by atoms with Crippen molar-refractivity contribution in [2.45, 2.75) is 4.90 Å². The molecule has 0 bridgehead atoms. The molecule has 0 fully saturated rings. The summed E-state index contributed by atoms with van der Waals surface area (Å²) >= 11 is 1.53. The van der Waals surface area contributed by atoms with Crippen molar-refractivity contribution in [2.75, 3.05) is 17.3 Å². The molecule has 20 heavy (non-hydrogen) atoms. The first-order chi connectivity index (χ1) is 9.51. The summed E-state index contributed by atoms with van der Waals surface area (Å²) in [7, 11) is 0. The maximum atomic E-state index is 13.2. The van der Waals surface area contributed by atoms with Crippen LogP contribution in [0.5, 0.6) is 0 Å². The molecule has 3 N–H and O–H groups in total. The van der Waals surface area contributed by atoms with Crippen LogP contribution in [0, 0.1) is 11.6 Å². The van der Waals surface area contributed by atoms with Gasteiger partial charge in [-0.1, -0.05) is 6.07 Å². The van der Waals surface area contributed by atoms with Crippen LogP contribution in [0.3, 0.4) is 0 Å². The van der Waals surface area contributed by atoms with E-state index in [9.17, 15) is 13.6 Å². The van der Waals surface area contributed by atoms with Crippen LogP contribution in [-0.4, -0.2) is 12.2 Å². The van der Waals surface area contributed by atoms with Crippen LogP contribution in [0.4, 0.5) is 20.2 Å². The minimum atomic E-state index is -1.11. The fourth-order valence-corrected chi connectivity index (χ4v) is 2.12. The Kier molecular flexibility index (Phi) is 4.24. The van der Waals surface area contributed by atoms with Crippen LogP contribution in [0.2, 0.25) is 0 Å². The Labute approximate surface area is 119 Å². The van der Waals surface area contributed by atoms with E-state index in [2.05, 4.69) is 5.32 Å². The number of carbonyl (C=O) groups is 1. The van der Waals surface area contributed by atoms with E-state index >= 15 is 0 Å². The second-order valence-electron chi connectivity index (χ2n) is 4.04. The van der Waals surface area contributed by atoms with Gasteiger partial charge < -0.3 is 11.1 Å². The van der Waals surface area contributed by atoms with Gasteiger partial charge in [0.1, 0.15) is 0 Å². The van der Waals surface area contributed by atoms with Crippen LogP contribution >= 0.6 is 11.8 Å². The fraction of sp³-hybridized carbons (Fsp3) is 0.0714. The van der Waals surface area contributed by atoms with Gasteiger partial charge in [0, 0.05) is 22.3 Å². The van der Waals surface area contributed by atoms with Crippen LogP contribution in [0.15, 0.2) is 41.3 Å². The highest BCUT2D eigenvalue weighted by Gasteiger charge is 2.14. The number of anilines is 2. The Morgan fingerprint density at radius 2 is 1.90 bits per heavy atom. The summed E-state index contributed by atoms with van der Waals surface area (Å²) in [6.45, 7) is 0. The lowest BCUT2D eigenvalue weighted by molar-refractivity contribution is 0.102. The van der Waals surface area contributed by atoms with Gasteiger partial charge in [-0.25, -0.2) is 8.78 Å². The predicted octanol–water partition coefficient (Wildman–Crippen LogP) is 3.52. The Morgan fingerprint density at radius 3 is 2.60 bits per heavy atom. The minimum absolute atomic E-state index is 0.0987. The van der Waals surface area contributed by atoms with Crippen molar-refractivity contribution in [3.05, 3.63) is 53.6 Å². The number of hydrogen-bond donors (Lipinski definition) is 2. The molecular formula is C14H12F2N2OS. The molecule has 0 atom stereocenters. The Hall–Kier alpha value is -2.08. The fourth-order valence-electron chi connectivity index (χ4n) is 1.66. The van der Waals surface area contributed by atoms with Gasteiger partial charge in [0.2, 0.25) is 0 Å². The molecule has 0 radical (unpaired) electrons. The van der Waals surface area contributed by atoms with Gasteiger partial charge in [-0.2, -0.15) is 0 Å². The molecule has 0 aliphatic carbocycles. The van der Waals surface area contributed by atoms with E-state index in [1.54, 1.807) is 18.2 Å². The van der Waals surface area contributed by atoms with Gasteiger partial charge >= 0.3 is 0 Å². The zero-order valence-corrected chi connectivity index (χ0v) is 11.4. The molecule has 1 amide bonds. The molecular weight excluding hydrogens is 282 g/mol. The average molecular weight is 294 g/mol. The zero-order valence-electron chi connectivity index (χ0n) is 10.6. The monoisotopic (exact) mass is 294 g/mol. The van der Waals surface area contributed by atoms with Gasteiger partial charge in [0.05, 0.1) is 5.56 Å². The number of hydrogen-bond acceptors (Lipinski definition) is 3. The summed E-state index contributed by atoms with van der Waals surface area (Å²) < 4.78 is 26.1. The van der Waals surface area contributed by atoms with Crippen LogP contribution < -0.4 is 11.1 Å². The van der Waals surface area contributed by atoms with Crippen molar-refractivity contribution in [1.82, 2.24) is 0 Å². The molecule has 6 heteroatoms. The molecule has 104 valence electrons. The lowest BCUT2D eigenvalue weighted by Gasteiger charge is -2.09. The summed E-state index contributed by atoms with van der Waals surface area (Å²) in [5.74, 6) is -2.77. The van der Waals surface area contributed by atoms with E-state index < -0.39 is 17.5 Å². The first-order valence-corrected chi connectivity index (χ1v) is 6.93. The molecule has 0 saturated carbocycles. The van der Waals surface area contributed by atoms with Crippen molar-refractivity contribution in [1.29, 1.82) is 0 Å². The number of benzene rings is 2. The highest BCUT2D eigenvalue weighted by atomic mass is 32.2. The number of nitrogens with one attached hydrogen (secondary N) is 1. The summed E-state index contributed by atoms with van der Waals surface area (Å²) in [5.41, 5.74) is 5.88. The largest absolute Gasteiger partial charge is 0.398 e. The Morgan fingerprint density at radius 1 is 1.20 bits per heavy atom. The Bertz CT molecular complexity index is 662. The molecule has 0 unspecified atom stereocenters. The summed E-state index contributed by atoms with van der Waals surface area (Å²) in [6, 6.07) is 8.75. The van der Waals surface area contributed by atoms with Gasteiger partial charge in [-0.3, -0.25) is 4.79 Å². The smallest absolute Gasteiger partial charge is 0.257 e. The normalized spacial score (nSPS) is 10.3. The second-order valence-corrected chi connectivity index (χ2v) is 4.92. The van der Waals surface area contributed by atoms with Crippen LogP contribution in [0.1, 0.15) is 10.4 Å². The molecule has 2 aromatic rings. The molecule has 0 aliphatic rings. The van der Waals surface area contributed by atoms with Crippen molar-refractivity contribution in [2.24, 2.45) is 0 Å². The first kappa shape index (κ1) is 14.3. The maximum absolute atomic E-state index is 13.2. The SMILES string of the molecule is CSc1cccc(NC(=O)c2cc(F)c(F)cc2N)c1. The molecule has 2 aromatic carbocycles. The quantitative estimate of drug-likeness (QED) is 0.672. The number of thioether (sulfide) groups is 1. The third kappa shape index (κ3) is 3.08. The van der Waals surface area contributed by atoms with E-state index in [0.29, 0.717) is 5.69 Å². The number of rotatable bonds is 3. The standard InChI is InChI=1S/C14H12F2N2OS/c1-20-9-4-2-3-8(5-9)18-14(19)10-6-11(15)12(16)7-13(10)17/h2-7H,17H2,1H3,(H,18,19). The van der Waals surface area contributed by atoms with Gasteiger partial charge in [0.15, 0.2) is 11.6 Å². The van der Waals surface area contributed by atoms with E-state index in [1.807, 2.05) is 12.3 Å². The summed E-state index contributed by atoms with van der Waals surface area (Å²) in [6.07, 6.45) is 1.91. The van der Waals surface area contributed by atoms with E-state index in [1.165, 1.54) is 11.8 Å². The molecule has 0 saturated heterocycles. The van der Waals surface area contributed by atoms with Gasteiger partial charge in [-0.05, 0) is 30.5 Å². The first-order valence-electron chi connectivity index (χ1n) is 5.71. The highest BCUT2D eigenvalue weighted by molar-refractivity contribution is 7.98. The van der Waals surface area contributed by atoms with Gasteiger partial charge in [-0.15, -0.1) is 11.8 Å². The van der Waals surface area contributed by atoms with Crippen LogP contribution in [0.25, 0.3) is 0 Å². The lowest BCUT2D eigenvalue weighted by Crippen LogP contribution is -2.15. The van der Waals surface area contributed by atoms with E-state index in [4.69, 9.17) is 5.73 Å². The predicted molar refractivity (Wildman–Crippen MR) is 76.9 cm³/mol. The molecule has 0 spiro atoms. The highest BCUT2D eigenvalue weighted by Crippen LogP contribution is 2.21. The molecule has 0 aliphatic heterocycles. The molecule has 0 heterocycles. The third-order valence-corrected chi connectivity index (χ3v) is 3.39.